The third-order valence-corrected chi connectivity index (χ3v) is 3.32. The van der Waals surface area contributed by atoms with E-state index in [1.165, 1.54) is 51.0 Å². The molecule has 0 fully saturated rings. The van der Waals surface area contributed by atoms with Gasteiger partial charge in [-0.25, -0.2) is 0 Å². The minimum atomic E-state index is -0.846. The van der Waals surface area contributed by atoms with Crippen LogP contribution in [-0.2, 0) is 9.59 Å². The summed E-state index contributed by atoms with van der Waals surface area (Å²) >= 11 is 0. The number of hydrogen-bond acceptors (Lipinski definition) is 2. The van der Waals surface area contributed by atoms with Crippen LogP contribution in [0.4, 0.5) is 0 Å². The fraction of sp³-hybridized carbons (Fsp3) is 0.667. The second-order valence-corrected chi connectivity index (χ2v) is 5.41. The number of carbonyl (C=O) groups excluding carboxylic acids is 1. The zero-order valence-electron chi connectivity index (χ0n) is 13.4. The molecule has 0 radical (unpaired) electrons. The molecule has 0 spiro atoms. The maximum atomic E-state index is 11.4. The van der Waals surface area contributed by atoms with Gasteiger partial charge in [-0.1, -0.05) is 63.7 Å². The van der Waals surface area contributed by atoms with Crippen LogP contribution in [0.3, 0.4) is 0 Å². The summed E-state index contributed by atoms with van der Waals surface area (Å²) in [5.41, 5.74) is 0. The fourth-order valence-electron chi connectivity index (χ4n) is 2.05. The summed E-state index contributed by atoms with van der Waals surface area (Å²) in [6, 6.07) is 0. The Kier molecular flexibility index (Phi) is 14.0. The van der Waals surface area contributed by atoms with Crippen molar-refractivity contribution in [2.75, 3.05) is 0 Å². The van der Waals surface area contributed by atoms with Crippen LogP contribution in [-0.4, -0.2) is 16.9 Å². The van der Waals surface area contributed by atoms with Gasteiger partial charge in [-0.2, -0.15) is 0 Å². The van der Waals surface area contributed by atoms with Gasteiger partial charge in [0.1, 0.15) is 0 Å². The standard InChI is InChI=1S/C18H30O3/c1-2-3-4-5-6-7-8-9-10-11-12-14-17(19)15-13-16-18(20)21/h10-12,14H,2-9,13,15-16H2,1H3,(H,20,21)/b11-10-,14-12+. The van der Waals surface area contributed by atoms with Crippen molar-refractivity contribution in [1.82, 2.24) is 0 Å². The minimum Gasteiger partial charge on any atom is -0.481 e. The number of hydrogen-bond donors (Lipinski definition) is 1. The number of aliphatic carboxylic acids is 1. The number of unbranched alkanes of at least 4 members (excludes halogenated alkanes) is 7. The predicted molar refractivity (Wildman–Crippen MR) is 87.4 cm³/mol. The maximum Gasteiger partial charge on any atom is 0.303 e. The fourth-order valence-corrected chi connectivity index (χ4v) is 2.05. The normalized spacial score (nSPS) is 11.5. The number of carboxylic acids is 1. The van der Waals surface area contributed by atoms with Crippen molar-refractivity contribution in [3.8, 4) is 0 Å². The van der Waals surface area contributed by atoms with E-state index in [4.69, 9.17) is 5.11 Å². The van der Waals surface area contributed by atoms with Gasteiger partial charge in [0.15, 0.2) is 5.78 Å². The molecule has 3 nitrogen and oxygen atoms in total. The number of ketones is 1. The summed E-state index contributed by atoms with van der Waals surface area (Å²) < 4.78 is 0. The van der Waals surface area contributed by atoms with Gasteiger partial charge in [0, 0.05) is 12.8 Å². The van der Waals surface area contributed by atoms with E-state index >= 15 is 0 Å². The van der Waals surface area contributed by atoms with Crippen LogP contribution in [0.15, 0.2) is 24.3 Å². The van der Waals surface area contributed by atoms with Crippen LogP contribution >= 0.6 is 0 Å². The van der Waals surface area contributed by atoms with Crippen molar-refractivity contribution in [1.29, 1.82) is 0 Å². The van der Waals surface area contributed by atoms with Gasteiger partial charge in [0.2, 0.25) is 0 Å². The molecule has 21 heavy (non-hydrogen) atoms. The zero-order chi connectivity index (χ0) is 15.8. The van der Waals surface area contributed by atoms with Crippen molar-refractivity contribution >= 4 is 11.8 Å². The van der Waals surface area contributed by atoms with Crippen molar-refractivity contribution in [3.63, 3.8) is 0 Å². The SMILES string of the molecule is CCCCCCCCC/C=C\C=C\C(=O)CCCC(=O)O. The summed E-state index contributed by atoms with van der Waals surface area (Å²) in [7, 11) is 0. The Morgan fingerprint density at radius 1 is 0.857 bits per heavy atom. The van der Waals surface area contributed by atoms with Crippen LogP contribution in [0.5, 0.6) is 0 Å². The van der Waals surface area contributed by atoms with E-state index in [-0.39, 0.29) is 12.2 Å². The first-order chi connectivity index (χ1) is 10.2. The Hall–Kier alpha value is -1.38. The molecule has 0 unspecified atom stereocenters. The first-order valence-electron chi connectivity index (χ1n) is 8.24. The Labute approximate surface area is 129 Å². The largest absolute Gasteiger partial charge is 0.481 e. The van der Waals surface area contributed by atoms with Gasteiger partial charge in [0.05, 0.1) is 0 Å². The molecule has 0 rings (SSSR count). The highest BCUT2D eigenvalue weighted by atomic mass is 16.4. The third-order valence-electron chi connectivity index (χ3n) is 3.32. The molecule has 0 aliphatic carbocycles. The molecule has 120 valence electrons. The second-order valence-electron chi connectivity index (χ2n) is 5.41. The lowest BCUT2D eigenvalue weighted by Crippen LogP contribution is -1.97. The average molecular weight is 294 g/mol. The number of carbonyl (C=O) groups is 2. The Balaban J connectivity index is 3.43. The third kappa shape index (κ3) is 16.6. The van der Waals surface area contributed by atoms with Crippen molar-refractivity contribution in [2.24, 2.45) is 0 Å². The first kappa shape index (κ1) is 19.6. The molecular formula is C18H30O3. The molecule has 0 atom stereocenters. The topological polar surface area (TPSA) is 54.4 Å². The first-order valence-corrected chi connectivity index (χ1v) is 8.24. The number of carboxylic acid groups (broad SMARTS) is 1. The van der Waals surface area contributed by atoms with Gasteiger partial charge in [-0.15, -0.1) is 0 Å². The predicted octanol–water partition coefficient (Wildman–Crippen LogP) is 5.06. The molecule has 0 heterocycles. The molecular weight excluding hydrogens is 264 g/mol. The van der Waals surface area contributed by atoms with Crippen LogP contribution in [0.2, 0.25) is 0 Å². The number of allylic oxidation sites excluding steroid dienone is 4. The van der Waals surface area contributed by atoms with Crippen LogP contribution < -0.4 is 0 Å². The molecule has 3 heteroatoms. The van der Waals surface area contributed by atoms with E-state index in [2.05, 4.69) is 13.0 Å². The lowest BCUT2D eigenvalue weighted by Gasteiger charge is -1.98. The summed E-state index contributed by atoms with van der Waals surface area (Å²) in [6.07, 6.45) is 18.3. The van der Waals surface area contributed by atoms with Crippen LogP contribution in [0, 0.1) is 0 Å². The van der Waals surface area contributed by atoms with E-state index in [0.717, 1.165) is 6.42 Å². The molecule has 0 bridgehead atoms. The monoisotopic (exact) mass is 294 g/mol. The van der Waals surface area contributed by atoms with E-state index < -0.39 is 5.97 Å². The van der Waals surface area contributed by atoms with Gasteiger partial charge >= 0.3 is 5.97 Å². The van der Waals surface area contributed by atoms with Crippen molar-refractivity contribution < 1.29 is 14.7 Å². The quantitative estimate of drug-likeness (QED) is 0.277. The Bertz CT molecular complexity index is 329. The zero-order valence-corrected chi connectivity index (χ0v) is 13.4. The second kappa shape index (κ2) is 15.0. The molecule has 0 aromatic heterocycles. The molecule has 0 aromatic carbocycles. The lowest BCUT2D eigenvalue weighted by atomic mass is 10.1. The summed E-state index contributed by atoms with van der Waals surface area (Å²) in [5, 5.41) is 8.46. The van der Waals surface area contributed by atoms with E-state index in [9.17, 15) is 9.59 Å². The summed E-state index contributed by atoms with van der Waals surface area (Å²) in [4.78, 5) is 21.7. The molecule has 0 saturated heterocycles. The molecule has 0 aliphatic rings. The Morgan fingerprint density at radius 2 is 1.52 bits per heavy atom. The Morgan fingerprint density at radius 3 is 2.19 bits per heavy atom. The summed E-state index contributed by atoms with van der Waals surface area (Å²) in [5.74, 6) is -0.849. The van der Waals surface area contributed by atoms with E-state index in [1.54, 1.807) is 6.08 Å². The lowest BCUT2D eigenvalue weighted by molar-refractivity contribution is -0.137. The van der Waals surface area contributed by atoms with E-state index in [0.29, 0.717) is 12.8 Å². The van der Waals surface area contributed by atoms with Gasteiger partial charge in [-0.05, 0) is 25.3 Å². The maximum absolute atomic E-state index is 11.4. The van der Waals surface area contributed by atoms with Gasteiger partial charge in [0.25, 0.3) is 0 Å². The molecule has 0 aromatic rings. The molecule has 0 amide bonds. The van der Waals surface area contributed by atoms with Gasteiger partial charge < -0.3 is 5.11 Å². The highest BCUT2D eigenvalue weighted by Gasteiger charge is 1.99. The molecule has 0 saturated carbocycles. The van der Waals surface area contributed by atoms with E-state index in [1.807, 2.05) is 6.08 Å². The van der Waals surface area contributed by atoms with Crippen molar-refractivity contribution in [3.05, 3.63) is 24.3 Å². The minimum absolute atomic E-state index is 0.00294. The van der Waals surface area contributed by atoms with Crippen LogP contribution in [0.25, 0.3) is 0 Å². The average Bonchev–Trinajstić information content (AvgIpc) is 2.44. The van der Waals surface area contributed by atoms with Crippen LogP contribution in [0.1, 0.15) is 77.6 Å². The summed E-state index contributed by atoms with van der Waals surface area (Å²) in [6.45, 7) is 2.23. The molecule has 0 aliphatic heterocycles. The van der Waals surface area contributed by atoms with Crippen molar-refractivity contribution in [2.45, 2.75) is 77.6 Å². The smallest absolute Gasteiger partial charge is 0.303 e. The highest BCUT2D eigenvalue weighted by molar-refractivity contribution is 5.90. The van der Waals surface area contributed by atoms with Gasteiger partial charge in [-0.3, -0.25) is 9.59 Å². The number of rotatable bonds is 14. The molecule has 1 N–H and O–H groups in total. The highest BCUT2D eigenvalue weighted by Crippen LogP contribution is 2.08.